The van der Waals surface area contributed by atoms with E-state index in [9.17, 15) is 4.79 Å². The van der Waals surface area contributed by atoms with Gasteiger partial charge in [-0.1, -0.05) is 20.8 Å². The highest BCUT2D eigenvalue weighted by Crippen LogP contribution is 2.36. The van der Waals surface area contributed by atoms with Crippen molar-refractivity contribution >= 4 is 27.7 Å². The van der Waals surface area contributed by atoms with Gasteiger partial charge in [0.1, 0.15) is 5.82 Å². The van der Waals surface area contributed by atoms with Crippen LogP contribution < -0.4 is 5.32 Å². The molecule has 0 bridgehead atoms. The quantitative estimate of drug-likeness (QED) is 0.847. The van der Waals surface area contributed by atoms with E-state index in [0.717, 1.165) is 16.0 Å². The van der Waals surface area contributed by atoms with E-state index in [4.69, 9.17) is 4.74 Å². The van der Waals surface area contributed by atoms with Crippen molar-refractivity contribution in [2.75, 3.05) is 18.5 Å². The molecule has 0 spiro atoms. The first kappa shape index (κ1) is 14.4. The van der Waals surface area contributed by atoms with Gasteiger partial charge in [0.05, 0.1) is 29.2 Å². The summed E-state index contributed by atoms with van der Waals surface area (Å²) in [4.78, 5) is 11.8. The number of carbonyl (C=O) groups excluding carboxylic acids is 1. The first-order valence-corrected chi connectivity index (χ1v) is 7.31. The molecule has 1 aliphatic rings. The molecule has 0 aromatic carbocycles. The Morgan fingerprint density at radius 3 is 2.84 bits per heavy atom. The standard InChI is InChI=1S/C13H20BrN3O2/c1-5-19-12(18)8-6-15-11-9(14)10(13(2,3)4)16-17(11)7-8/h8,15H,5-7H2,1-4H3. The molecule has 1 unspecified atom stereocenters. The molecule has 1 aromatic rings. The van der Waals surface area contributed by atoms with E-state index >= 15 is 0 Å². The van der Waals surface area contributed by atoms with E-state index in [1.807, 2.05) is 11.6 Å². The van der Waals surface area contributed by atoms with Gasteiger partial charge in [-0.3, -0.25) is 4.79 Å². The van der Waals surface area contributed by atoms with Gasteiger partial charge in [-0.05, 0) is 22.9 Å². The summed E-state index contributed by atoms with van der Waals surface area (Å²) in [6.07, 6.45) is 0. The molecule has 0 saturated carbocycles. The lowest BCUT2D eigenvalue weighted by molar-refractivity contribution is -0.148. The Labute approximate surface area is 121 Å². The van der Waals surface area contributed by atoms with Gasteiger partial charge >= 0.3 is 5.97 Å². The molecule has 1 aromatic heterocycles. The highest BCUT2D eigenvalue weighted by atomic mass is 79.9. The van der Waals surface area contributed by atoms with E-state index in [0.29, 0.717) is 19.7 Å². The summed E-state index contributed by atoms with van der Waals surface area (Å²) in [7, 11) is 0. The molecule has 19 heavy (non-hydrogen) atoms. The van der Waals surface area contributed by atoms with Crippen LogP contribution in [0.1, 0.15) is 33.4 Å². The number of esters is 1. The van der Waals surface area contributed by atoms with Gasteiger partial charge in [0, 0.05) is 12.0 Å². The molecule has 0 saturated heterocycles. The lowest BCUT2D eigenvalue weighted by atomic mass is 9.92. The van der Waals surface area contributed by atoms with Crippen molar-refractivity contribution < 1.29 is 9.53 Å². The third-order valence-corrected chi connectivity index (χ3v) is 3.89. The smallest absolute Gasteiger partial charge is 0.312 e. The summed E-state index contributed by atoms with van der Waals surface area (Å²) in [6, 6.07) is 0. The van der Waals surface area contributed by atoms with Gasteiger partial charge in [0.2, 0.25) is 0 Å². The molecule has 0 aliphatic carbocycles. The van der Waals surface area contributed by atoms with E-state index in [1.165, 1.54) is 0 Å². The van der Waals surface area contributed by atoms with Crippen LogP contribution in [0.4, 0.5) is 5.82 Å². The van der Waals surface area contributed by atoms with Crippen LogP contribution in [0.5, 0.6) is 0 Å². The molecule has 1 atom stereocenters. The largest absolute Gasteiger partial charge is 0.466 e. The molecule has 0 fully saturated rings. The highest BCUT2D eigenvalue weighted by molar-refractivity contribution is 9.10. The van der Waals surface area contributed by atoms with Gasteiger partial charge in [-0.15, -0.1) is 0 Å². The highest BCUT2D eigenvalue weighted by Gasteiger charge is 2.31. The molecule has 106 valence electrons. The average Bonchev–Trinajstić information content (AvgIpc) is 2.66. The molecular formula is C13H20BrN3O2. The zero-order valence-electron chi connectivity index (χ0n) is 11.8. The van der Waals surface area contributed by atoms with Crippen molar-refractivity contribution in [1.29, 1.82) is 0 Å². The Bertz CT molecular complexity index is 491. The van der Waals surface area contributed by atoms with Gasteiger partial charge < -0.3 is 10.1 Å². The minimum atomic E-state index is -0.174. The lowest BCUT2D eigenvalue weighted by Crippen LogP contribution is -2.34. The van der Waals surface area contributed by atoms with Crippen molar-refractivity contribution in [3.05, 3.63) is 10.2 Å². The van der Waals surface area contributed by atoms with Gasteiger partial charge in [0.25, 0.3) is 0 Å². The molecule has 2 heterocycles. The van der Waals surface area contributed by atoms with Crippen LogP contribution in [0.3, 0.4) is 0 Å². The summed E-state index contributed by atoms with van der Waals surface area (Å²) in [5, 5.41) is 7.88. The van der Waals surface area contributed by atoms with E-state index in [2.05, 4.69) is 47.1 Å². The number of ether oxygens (including phenoxy) is 1. The SMILES string of the molecule is CCOC(=O)C1CNc2c(Br)c(C(C)(C)C)nn2C1. The number of hydrogen-bond acceptors (Lipinski definition) is 4. The minimum absolute atomic E-state index is 0.0374. The van der Waals surface area contributed by atoms with E-state index in [1.54, 1.807) is 0 Å². The number of aromatic nitrogens is 2. The van der Waals surface area contributed by atoms with Crippen molar-refractivity contribution in [1.82, 2.24) is 9.78 Å². The maximum atomic E-state index is 11.8. The van der Waals surface area contributed by atoms with Crippen LogP contribution in [0.2, 0.25) is 0 Å². The normalized spacial score (nSPS) is 18.7. The predicted molar refractivity (Wildman–Crippen MR) is 77.2 cm³/mol. The Morgan fingerprint density at radius 1 is 1.58 bits per heavy atom. The number of nitrogens with zero attached hydrogens (tertiary/aromatic N) is 2. The molecule has 0 radical (unpaired) electrons. The van der Waals surface area contributed by atoms with Crippen LogP contribution in [-0.4, -0.2) is 28.9 Å². The second-order valence-corrected chi connectivity index (χ2v) is 6.57. The first-order chi connectivity index (χ1) is 8.84. The predicted octanol–water partition coefficient (Wildman–Crippen LogP) is 2.55. The fraction of sp³-hybridized carbons (Fsp3) is 0.692. The van der Waals surface area contributed by atoms with E-state index < -0.39 is 0 Å². The average molecular weight is 330 g/mol. The Hall–Kier alpha value is -1.04. The Kier molecular flexibility index (Phi) is 3.90. The number of halogens is 1. The van der Waals surface area contributed by atoms with Crippen molar-refractivity contribution in [2.24, 2.45) is 5.92 Å². The summed E-state index contributed by atoms with van der Waals surface area (Å²) >= 11 is 3.60. The van der Waals surface area contributed by atoms with Gasteiger partial charge in [-0.2, -0.15) is 5.10 Å². The van der Waals surface area contributed by atoms with Gasteiger partial charge in [-0.25, -0.2) is 4.68 Å². The molecular weight excluding hydrogens is 310 g/mol. The third kappa shape index (κ3) is 2.78. The van der Waals surface area contributed by atoms with Gasteiger partial charge in [0.15, 0.2) is 0 Å². The van der Waals surface area contributed by atoms with Crippen LogP contribution in [0.15, 0.2) is 4.47 Å². The number of rotatable bonds is 2. The van der Waals surface area contributed by atoms with Crippen molar-refractivity contribution in [3.63, 3.8) is 0 Å². The summed E-state index contributed by atoms with van der Waals surface area (Å²) in [6.45, 7) is 9.75. The maximum absolute atomic E-state index is 11.8. The maximum Gasteiger partial charge on any atom is 0.312 e. The third-order valence-electron chi connectivity index (χ3n) is 3.13. The summed E-state index contributed by atoms with van der Waals surface area (Å²) in [5.74, 6) is 0.613. The number of carbonyl (C=O) groups is 1. The van der Waals surface area contributed by atoms with Crippen LogP contribution in [-0.2, 0) is 21.5 Å². The van der Waals surface area contributed by atoms with Crippen molar-refractivity contribution in [2.45, 2.75) is 39.7 Å². The van der Waals surface area contributed by atoms with Crippen LogP contribution in [0, 0.1) is 5.92 Å². The molecule has 6 heteroatoms. The monoisotopic (exact) mass is 329 g/mol. The lowest BCUT2D eigenvalue weighted by Gasteiger charge is -2.23. The van der Waals surface area contributed by atoms with Crippen LogP contribution in [0.25, 0.3) is 0 Å². The van der Waals surface area contributed by atoms with Crippen molar-refractivity contribution in [3.8, 4) is 0 Å². The number of fused-ring (bicyclic) bond motifs is 1. The summed E-state index contributed by atoms with van der Waals surface area (Å²) < 4.78 is 7.91. The van der Waals surface area contributed by atoms with Crippen LogP contribution >= 0.6 is 15.9 Å². The molecule has 2 rings (SSSR count). The molecule has 1 aliphatic heterocycles. The molecule has 0 amide bonds. The summed E-state index contributed by atoms with van der Waals surface area (Å²) in [5.41, 5.74) is 0.962. The number of anilines is 1. The fourth-order valence-electron chi connectivity index (χ4n) is 2.13. The minimum Gasteiger partial charge on any atom is -0.466 e. The second-order valence-electron chi connectivity index (χ2n) is 5.77. The van der Waals surface area contributed by atoms with E-state index in [-0.39, 0.29) is 17.3 Å². The molecule has 1 N–H and O–H groups in total. The first-order valence-electron chi connectivity index (χ1n) is 6.52. The second kappa shape index (κ2) is 5.15. The zero-order valence-corrected chi connectivity index (χ0v) is 13.4. The molecule has 5 nitrogen and oxygen atoms in total. The number of nitrogens with one attached hydrogen (secondary N) is 1. The zero-order chi connectivity index (χ0) is 14.2. The topological polar surface area (TPSA) is 56.1 Å². The fourth-order valence-corrected chi connectivity index (χ4v) is 3.15. The Balaban J connectivity index is 2.25. The number of hydrogen-bond donors (Lipinski definition) is 1. The Morgan fingerprint density at radius 2 is 2.26 bits per heavy atom.